The average molecular weight is 444 g/mol. The number of nitrogens with one attached hydrogen (secondary N) is 1. The number of para-hydroxylation sites is 1. The van der Waals surface area contributed by atoms with Crippen LogP contribution in [0.3, 0.4) is 0 Å². The Morgan fingerprint density at radius 2 is 1.97 bits per heavy atom. The molecule has 3 rings (SSSR count). The zero-order valence-electron chi connectivity index (χ0n) is 19.2. The van der Waals surface area contributed by atoms with Crippen LogP contribution in [-0.2, 0) is 14.3 Å². The molecule has 168 valence electrons. The number of ketones is 1. The fraction of sp³-hybridized carbons (Fsp3) is 0.520. The molecule has 0 aromatic heterocycles. The quantitative estimate of drug-likeness (QED) is 0.451. The minimum Gasteiger partial charge on any atom is -0.494 e. The van der Waals surface area contributed by atoms with Crippen molar-refractivity contribution in [3.63, 3.8) is 0 Å². The number of allylic oxidation sites excluding steroid dienone is 3. The Bertz CT molecular complexity index is 916. The molecule has 0 saturated carbocycles. The molecule has 0 radical (unpaired) electrons. The first-order chi connectivity index (χ1) is 14.8. The van der Waals surface area contributed by atoms with E-state index in [2.05, 4.69) is 26.1 Å². The van der Waals surface area contributed by atoms with Crippen molar-refractivity contribution in [3.8, 4) is 5.75 Å². The van der Waals surface area contributed by atoms with Gasteiger partial charge in [0.25, 0.3) is 0 Å². The lowest BCUT2D eigenvalue weighted by atomic mass is 9.68. The molecule has 0 bridgehead atoms. The monoisotopic (exact) mass is 443 g/mol. The normalized spacial score (nSPS) is 20.3. The van der Waals surface area contributed by atoms with E-state index in [1.807, 2.05) is 38.1 Å². The second kappa shape index (κ2) is 9.94. The van der Waals surface area contributed by atoms with Gasteiger partial charge in [0, 0.05) is 34.7 Å². The van der Waals surface area contributed by atoms with Crippen molar-refractivity contribution in [3.05, 3.63) is 52.4 Å². The van der Waals surface area contributed by atoms with Crippen LogP contribution in [0.5, 0.6) is 5.75 Å². The molecule has 1 atom stereocenters. The summed E-state index contributed by atoms with van der Waals surface area (Å²) in [5, 5.41) is 3.38. The molecular weight excluding hydrogens is 410 g/mol. The van der Waals surface area contributed by atoms with E-state index in [-0.39, 0.29) is 17.2 Å². The van der Waals surface area contributed by atoms with E-state index >= 15 is 0 Å². The Labute approximate surface area is 189 Å². The van der Waals surface area contributed by atoms with Gasteiger partial charge in [-0.3, -0.25) is 4.79 Å². The van der Waals surface area contributed by atoms with Crippen molar-refractivity contribution >= 4 is 23.5 Å². The number of thioether (sulfide) groups is 1. The average Bonchev–Trinajstić information content (AvgIpc) is 2.70. The van der Waals surface area contributed by atoms with Gasteiger partial charge in [-0.15, -0.1) is 0 Å². The second-order valence-corrected chi connectivity index (χ2v) is 10.1. The van der Waals surface area contributed by atoms with Crippen LogP contribution in [0.25, 0.3) is 0 Å². The molecule has 1 aliphatic heterocycles. The molecular formula is C25H33NO4S. The largest absolute Gasteiger partial charge is 0.494 e. The summed E-state index contributed by atoms with van der Waals surface area (Å²) in [5.74, 6) is 1.64. The maximum absolute atomic E-state index is 13.4. The van der Waals surface area contributed by atoms with E-state index in [0.717, 1.165) is 34.9 Å². The lowest BCUT2D eigenvalue weighted by Gasteiger charge is -2.39. The summed E-state index contributed by atoms with van der Waals surface area (Å²) in [6.07, 6.45) is 1.21. The fourth-order valence-electron chi connectivity index (χ4n) is 4.44. The van der Waals surface area contributed by atoms with Crippen molar-refractivity contribution < 1.29 is 19.1 Å². The van der Waals surface area contributed by atoms with E-state index in [4.69, 9.17) is 9.47 Å². The summed E-state index contributed by atoms with van der Waals surface area (Å²) >= 11 is 1.73. The highest BCUT2D eigenvalue weighted by molar-refractivity contribution is 7.99. The highest BCUT2D eigenvalue weighted by atomic mass is 32.2. The van der Waals surface area contributed by atoms with Gasteiger partial charge in [-0.1, -0.05) is 39.0 Å². The molecule has 6 heteroatoms. The number of hydrogen-bond donors (Lipinski definition) is 1. The smallest absolute Gasteiger partial charge is 0.336 e. The zero-order valence-corrected chi connectivity index (χ0v) is 20.0. The number of rotatable bonds is 8. The van der Waals surface area contributed by atoms with Gasteiger partial charge in [-0.2, -0.15) is 11.8 Å². The molecule has 1 aromatic rings. The molecule has 31 heavy (non-hydrogen) atoms. The number of benzene rings is 1. The lowest BCUT2D eigenvalue weighted by molar-refractivity contribution is -0.138. The van der Waals surface area contributed by atoms with Crippen LogP contribution < -0.4 is 10.1 Å². The number of hydrogen-bond acceptors (Lipinski definition) is 6. The van der Waals surface area contributed by atoms with E-state index in [1.165, 1.54) is 0 Å². The number of Topliss-reactive ketones (excluding diaryl/α,β-unsaturated/α-hetero) is 1. The molecule has 1 heterocycles. The number of carbonyl (C=O) groups excluding carboxylic acids is 2. The molecule has 0 spiro atoms. The van der Waals surface area contributed by atoms with Crippen LogP contribution in [0, 0.1) is 5.41 Å². The minimum atomic E-state index is -0.492. The minimum absolute atomic E-state index is 0.0781. The Balaban J connectivity index is 2.08. The maximum Gasteiger partial charge on any atom is 0.336 e. The number of dihydropyridines is 1. The Hall–Kier alpha value is -2.21. The van der Waals surface area contributed by atoms with Crippen LogP contribution in [-0.4, -0.2) is 36.5 Å². The molecule has 0 amide bonds. The van der Waals surface area contributed by atoms with Crippen LogP contribution in [0.15, 0.2) is 46.8 Å². The van der Waals surface area contributed by atoms with Gasteiger partial charge in [0.1, 0.15) is 12.4 Å². The number of carbonyl (C=O) groups is 2. The second-order valence-electron chi connectivity index (χ2n) is 8.73. The Kier molecular flexibility index (Phi) is 7.52. The van der Waals surface area contributed by atoms with Crippen LogP contribution in [0.2, 0.25) is 0 Å². The molecule has 5 nitrogen and oxygen atoms in total. The number of ether oxygens (including phenoxy) is 2. The summed E-state index contributed by atoms with van der Waals surface area (Å²) in [7, 11) is 0. The van der Waals surface area contributed by atoms with E-state index in [0.29, 0.717) is 36.5 Å². The van der Waals surface area contributed by atoms with Crippen LogP contribution in [0.1, 0.15) is 58.9 Å². The van der Waals surface area contributed by atoms with Crippen molar-refractivity contribution in [2.45, 2.75) is 53.4 Å². The lowest BCUT2D eigenvalue weighted by Crippen LogP contribution is -2.38. The first-order valence-electron chi connectivity index (χ1n) is 11.0. The zero-order chi connectivity index (χ0) is 22.6. The van der Waals surface area contributed by atoms with Crippen molar-refractivity contribution in [1.82, 2.24) is 5.32 Å². The van der Waals surface area contributed by atoms with Crippen molar-refractivity contribution in [2.75, 3.05) is 24.7 Å². The first kappa shape index (κ1) is 23.5. The third kappa shape index (κ3) is 5.17. The standard InChI is InChI=1S/C25H33NO4S/c1-6-29-20-11-9-8-10-17(20)22-21(24(28)30-12-13-31-7-2)16(3)26-18-14-25(4,5)15-19(27)23(18)22/h8-11,22,26H,6-7,12-15H2,1-5H3/t22-/m1/s1. The first-order valence-corrected chi connectivity index (χ1v) is 12.1. The predicted molar refractivity (Wildman–Crippen MR) is 125 cm³/mol. The van der Waals surface area contributed by atoms with Gasteiger partial charge >= 0.3 is 5.97 Å². The van der Waals surface area contributed by atoms with E-state index in [1.54, 1.807) is 11.8 Å². The van der Waals surface area contributed by atoms with E-state index in [9.17, 15) is 9.59 Å². The van der Waals surface area contributed by atoms with Gasteiger partial charge in [-0.25, -0.2) is 4.79 Å². The van der Waals surface area contributed by atoms with Gasteiger partial charge in [0.15, 0.2) is 5.78 Å². The van der Waals surface area contributed by atoms with Crippen LogP contribution in [0.4, 0.5) is 0 Å². The van der Waals surface area contributed by atoms with Gasteiger partial charge in [0.2, 0.25) is 0 Å². The fourth-order valence-corrected chi connectivity index (χ4v) is 4.93. The highest BCUT2D eigenvalue weighted by Crippen LogP contribution is 2.48. The van der Waals surface area contributed by atoms with Gasteiger partial charge in [-0.05, 0) is 37.5 Å². The number of esters is 1. The van der Waals surface area contributed by atoms with E-state index < -0.39 is 5.92 Å². The molecule has 1 aliphatic carbocycles. The summed E-state index contributed by atoms with van der Waals surface area (Å²) in [6, 6.07) is 7.68. The predicted octanol–water partition coefficient (Wildman–Crippen LogP) is 4.99. The Morgan fingerprint density at radius 3 is 2.68 bits per heavy atom. The highest BCUT2D eigenvalue weighted by Gasteiger charge is 2.43. The van der Waals surface area contributed by atoms with Crippen molar-refractivity contribution in [2.24, 2.45) is 5.41 Å². The summed E-state index contributed by atoms with van der Waals surface area (Å²) in [5.41, 5.74) is 3.54. The molecule has 2 aliphatic rings. The summed E-state index contributed by atoms with van der Waals surface area (Å²) < 4.78 is 11.5. The Morgan fingerprint density at radius 1 is 1.23 bits per heavy atom. The SMILES string of the molecule is CCOc1ccccc1[C@@H]1C(C(=O)OCCSCC)=C(C)NC2=C1C(=O)CC(C)(C)C2. The molecule has 1 aromatic carbocycles. The molecule has 0 saturated heterocycles. The summed E-state index contributed by atoms with van der Waals surface area (Å²) in [4.78, 5) is 26.6. The third-order valence-electron chi connectivity index (χ3n) is 5.65. The molecule has 0 fully saturated rings. The van der Waals surface area contributed by atoms with Crippen molar-refractivity contribution in [1.29, 1.82) is 0 Å². The maximum atomic E-state index is 13.4. The van der Waals surface area contributed by atoms with Gasteiger partial charge < -0.3 is 14.8 Å². The summed E-state index contributed by atoms with van der Waals surface area (Å²) in [6.45, 7) is 11.0. The van der Waals surface area contributed by atoms with Gasteiger partial charge in [0.05, 0.1) is 18.1 Å². The molecule has 1 N–H and O–H groups in total. The third-order valence-corrected chi connectivity index (χ3v) is 6.52. The molecule has 0 unspecified atom stereocenters. The topological polar surface area (TPSA) is 64.6 Å². The van der Waals surface area contributed by atoms with Crippen LogP contribution >= 0.6 is 11.8 Å².